The van der Waals surface area contributed by atoms with Crippen molar-refractivity contribution < 1.29 is 0 Å². The number of rotatable bonds is 6. The van der Waals surface area contributed by atoms with Crippen LogP contribution in [0.1, 0.15) is 12.8 Å². The van der Waals surface area contributed by atoms with Crippen molar-refractivity contribution in [1.29, 1.82) is 10.5 Å². The summed E-state index contributed by atoms with van der Waals surface area (Å²) in [6.07, 6.45) is 2.67. The van der Waals surface area contributed by atoms with Crippen LogP contribution in [-0.4, -0.2) is 20.5 Å². The largest absolute Gasteiger partial charge is 0.220 e. The molecule has 2 aromatic rings. The Bertz CT molecular complexity index is 623. The highest BCUT2D eigenvalue weighted by Crippen LogP contribution is 2.19. The van der Waals surface area contributed by atoms with E-state index in [0.29, 0.717) is 23.8 Å². The van der Waals surface area contributed by atoms with Crippen LogP contribution in [0.5, 0.6) is 0 Å². The molecule has 0 aliphatic heterocycles. The Morgan fingerprint density at radius 3 is 2.75 bits per heavy atom. The molecule has 20 heavy (non-hydrogen) atoms. The van der Waals surface area contributed by atoms with Gasteiger partial charge in [0.2, 0.25) is 5.16 Å². The number of benzene rings is 1. The van der Waals surface area contributed by atoms with Gasteiger partial charge in [0.1, 0.15) is 6.33 Å². The number of aromatic nitrogens is 3. The van der Waals surface area contributed by atoms with E-state index in [2.05, 4.69) is 22.2 Å². The van der Waals surface area contributed by atoms with Gasteiger partial charge in [0.05, 0.1) is 23.7 Å². The lowest BCUT2D eigenvalue weighted by atomic mass is 10.1. The number of nitriles is 2. The molecule has 0 radical (unpaired) electrons. The third-order valence-corrected chi connectivity index (χ3v) is 3.71. The fourth-order valence-corrected chi connectivity index (χ4v) is 2.48. The summed E-state index contributed by atoms with van der Waals surface area (Å²) in [5, 5.41) is 22.5. The molecule has 0 amide bonds. The summed E-state index contributed by atoms with van der Waals surface area (Å²) in [4.78, 5) is 4.22. The van der Waals surface area contributed by atoms with Crippen LogP contribution in [0.15, 0.2) is 41.8 Å². The Morgan fingerprint density at radius 2 is 2.05 bits per heavy atom. The monoisotopic (exact) mass is 283 g/mol. The Balaban J connectivity index is 1.94. The van der Waals surface area contributed by atoms with E-state index in [0.717, 1.165) is 5.69 Å². The lowest BCUT2D eigenvalue weighted by molar-refractivity contribution is 0.684. The predicted molar refractivity (Wildman–Crippen MR) is 76.0 cm³/mol. The maximum atomic E-state index is 9.00. The first-order valence-electron chi connectivity index (χ1n) is 6.20. The van der Waals surface area contributed by atoms with E-state index >= 15 is 0 Å². The second-order valence-electron chi connectivity index (χ2n) is 4.14. The van der Waals surface area contributed by atoms with Gasteiger partial charge in [-0.15, -0.1) is 5.10 Å². The smallest absolute Gasteiger partial charge is 0.208 e. The molecule has 1 aromatic heterocycles. The van der Waals surface area contributed by atoms with Gasteiger partial charge in [0.25, 0.3) is 0 Å². The van der Waals surface area contributed by atoms with Crippen molar-refractivity contribution in [2.45, 2.75) is 18.0 Å². The van der Waals surface area contributed by atoms with E-state index in [-0.39, 0.29) is 5.92 Å². The number of thioether (sulfide) groups is 1. The Kier molecular flexibility index (Phi) is 5.16. The van der Waals surface area contributed by atoms with E-state index < -0.39 is 0 Å². The lowest BCUT2D eigenvalue weighted by Crippen LogP contribution is -2.00. The van der Waals surface area contributed by atoms with E-state index in [1.165, 1.54) is 11.8 Å². The van der Waals surface area contributed by atoms with Gasteiger partial charge in [-0.3, -0.25) is 0 Å². The zero-order chi connectivity index (χ0) is 14.2. The molecule has 0 N–H and O–H groups in total. The standard InChI is InChI=1S/C14H13N5S/c15-8-4-5-12(9-16)10-20-14-17-11-19(18-14)13-6-2-1-3-7-13/h1-3,6-7,11-12H,4-5,10H2/t12-/m1/s1. The molecule has 1 heterocycles. The maximum Gasteiger partial charge on any atom is 0.208 e. The summed E-state index contributed by atoms with van der Waals surface area (Å²) < 4.78 is 1.71. The zero-order valence-electron chi connectivity index (χ0n) is 10.8. The molecule has 0 spiro atoms. The summed E-state index contributed by atoms with van der Waals surface area (Å²) in [6, 6.07) is 14.0. The van der Waals surface area contributed by atoms with E-state index in [1.54, 1.807) is 11.0 Å². The quantitative estimate of drug-likeness (QED) is 0.762. The van der Waals surface area contributed by atoms with Crippen LogP contribution < -0.4 is 0 Å². The van der Waals surface area contributed by atoms with Gasteiger partial charge in [-0.1, -0.05) is 30.0 Å². The minimum atomic E-state index is -0.136. The average molecular weight is 283 g/mol. The van der Waals surface area contributed by atoms with Crippen molar-refractivity contribution in [2.75, 3.05) is 5.75 Å². The average Bonchev–Trinajstić information content (AvgIpc) is 2.97. The van der Waals surface area contributed by atoms with Gasteiger partial charge in [0.15, 0.2) is 0 Å². The highest BCUT2D eigenvalue weighted by Gasteiger charge is 2.10. The van der Waals surface area contributed by atoms with Gasteiger partial charge in [0, 0.05) is 12.2 Å². The predicted octanol–water partition coefficient (Wildman–Crippen LogP) is 2.80. The number of hydrogen-bond acceptors (Lipinski definition) is 5. The number of nitrogens with zero attached hydrogens (tertiary/aromatic N) is 5. The molecule has 0 aliphatic carbocycles. The molecule has 0 fully saturated rings. The topological polar surface area (TPSA) is 78.3 Å². The first-order chi connectivity index (χ1) is 9.83. The molecule has 1 aromatic carbocycles. The fraction of sp³-hybridized carbons (Fsp3) is 0.286. The third kappa shape index (κ3) is 3.84. The summed E-state index contributed by atoms with van der Waals surface area (Å²) in [7, 11) is 0. The van der Waals surface area contributed by atoms with Crippen molar-refractivity contribution in [3.05, 3.63) is 36.7 Å². The van der Waals surface area contributed by atoms with Crippen LogP contribution >= 0.6 is 11.8 Å². The van der Waals surface area contributed by atoms with Crippen LogP contribution in [-0.2, 0) is 0 Å². The number of para-hydroxylation sites is 1. The molecule has 6 heteroatoms. The highest BCUT2D eigenvalue weighted by molar-refractivity contribution is 7.99. The van der Waals surface area contributed by atoms with E-state index in [4.69, 9.17) is 10.5 Å². The second kappa shape index (κ2) is 7.32. The van der Waals surface area contributed by atoms with Gasteiger partial charge in [-0.05, 0) is 18.6 Å². The van der Waals surface area contributed by atoms with Crippen LogP contribution in [0, 0.1) is 28.6 Å². The van der Waals surface area contributed by atoms with Gasteiger partial charge in [-0.25, -0.2) is 9.67 Å². The summed E-state index contributed by atoms with van der Waals surface area (Å²) in [5.41, 5.74) is 0.952. The van der Waals surface area contributed by atoms with Crippen molar-refractivity contribution in [2.24, 2.45) is 5.92 Å². The maximum absolute atomic E-state index is 9.00. The molecule has 2 rings (SSSR count). The minimum Gasteiger partial charge on any atom is -0.220 e. The summed E-state index contributed by atoms with van der Waals surface area (Å²) >= 11 is 1.44. The van der Waals surface area contributed by atoms with Crippen LogP contribution in [0.3, 0.4) is 0 Å². The molecule has 100 valence electrons. The van der Waals surface area contributed by atoms with Crippen LogP contribution in [0.4, 0.5) is 0 Å². The van der Waals surface area contributed by atoms with Crippen LogP contribution in [0.25, 0.3) is 5.69 Å². The fourth-order valence-electron chi connectivity index (χ4n) is 1.62. The summed E-state index contributed by atoms with van der Waals surface area (Å²) in [6.45, 7) is 0. The molecule has 0 bridgehead atoms. The first kappa shape index (κ1) is 14.1. The van der Waals surface area contributed by atoms with Crippen LogP contribution in [0.2, 0.25) is 0 Å². The SMILES string of the molecule is N#CCC[C@H](C#N)CSc1ncn(-c2ccccc2)n1. The Labute approximate surface area is 121 Å². The first-order valence-corrected chi connectivity index (χ1v) is 7.18. The third-order valence-electron chi connectivity index (χ3n) is 2.69. The lowest BCUT2D eigenvalue weighted by Gasteiger charge is -2.03. The van der Waals surface area contributed by atoms with E-state index in [9.17, 15) is 0 Å². The van der Waals surface area contributed by atoms with Crippen molar-refractivity contribution in [1.82, 2.24) is 14.8 Å². The van der Waals surface area contributed by atoms with Crippen molar-refractivity contribution in [3.8, 4) is 17.8 Å². The molecule has 0 saturated heterocycles. The normalized spacial score (nSPS) is 11.5. The molecule has 1 atom stereocenters. The molecule has 0 saturated carbocycles. The zero-order valence-corrected chi connectivity index (χ0v) is 11.6. The second-order valence-corrected chi connectivity index (χ2v) is 5.13. The van der Waals surface area contributed by atoms with Gasteiger partial charge >= 0.3 is 0 Å². The Hall–Kier alpha value is -2.31. The Morgan fingerprint density at radius 1 is 1.25 bits per heavy atom. The van der Waals surface area contributed by atoms with E-state index in [1.807, 2.05) is 30.3 Å². The molecular formula is C14H13N5S. The van der Waals surface area contributed by atoms with Gasteiger partial charge < -0.3 is 0 Å². The molecule has 5 nitrogen and oxygen atoms in total. The van der Waals surface area contributed by atoms with Gasteiger partial charge in [-0.2, -0.15) is 10.5 Å². The van der Waals surface area contributed by atoms with Crippen molar-refractivity contribution in [3.63, 3.8) is 0 Å². The van der Waals surface area contributed by atoms with Crippen molar-refractivity contribution >= 4 is 11.8 Å². The summed E-state index contributed by atoms with van der Waals surface area (Å²) in [5.74, 6) is 0.472. The number of hydrogen-bond donors (Lipinski definition) is 0. The molecule has 0 unspecified atom stereocenters. The molecule has 0 aliphatic rings. The highest BCUT2D eigenvalue weighted by atomic mass is 32.2. The molecular weight excluding hydrogens is 270 g/mol. The minimum absolute atomic E-state index is 0.136.